The molecule has 1 atom stereocenters. The van der Waals surface area contributed by atoms with Gasteiger partial charge in [-0.25, -0.2) is 4.79 Å². The van der Waals surface area contributed by atoms with Crippen molar-refractivity contribution in [3.8, 4) is 5.75 Å². The largest absolute Gasteiger partial charge is 0.495 e. The monoisotopic (exact) mass is 668 g/mol. The molecule has 8 rings (SSSR count). The zero-order chi connectivity index (χ0) is 33.9. The Morgan fingerprint density at radius 2 is 1.71 bits per heavy atom. The van der Waals surface area contributed by atoms with Gasteiger partial charge < -0.3 is 20.3 Å². The fraction of sp³-hybridized carbons (Fsp3) is 0.568. The average Bonchev–Trinajstić information content (AvgIpc) is 3.63. The van der Waals surface area contributed by atoms with E-state index in [1.165, 1.54) is 45.3 Å². The molecule has 3 aliphatic heterocycles. The molecule has 1 aliphatic carbocycles. The number of rotatable bonds is 6. The first-order valence-electron chi connectivity index (χ1n) is 18.1. The van der Waals surface area contributed by atoms with Gasteiger partial charge in [0.15, 0.2) is 0 Å². The van der Waals surface area contributed by atoms with Crippen molar-refractivity contribution in [1.82, 2.24) is 29.1 Å². The normalized spacial score (nSPS) is 24.9. The molecule has 1 saturated carbocycles. The molecule has 5 heterocycles. The van der Waals surface area contributed by atoms with Crippen molar-refractivity contribution in [1.29, 1.82) is 0 Å². The van der Waals surface area contributed by atoms with Gasteiger partial charge in [-0.1, -0.05) is 6.07 Å². The highest BCUT2D eigenvalue weighted by molar-refractivity contribution is 6.00. The Labute approximate surface area is 286 Å². The number of amides is 2. The molecule has 49 heavy (non-hydrogen) atoms. The summed E-state index contributed by atoms with van der Waals surface area (Å²) in [6.45, 7) is 5.47. The molecule has 4 aromatic rings. The lowest BCUT2D eigenvalue weighted by atomic mass is 9.71. The van der Waals surface area contributed by atoms with Gasteiger partial charge in [0.1, 0.15) is 11.8 Å². The van der Waals surface area contributed by atoms with Gasteiger partial charge in [-0.05, 0) is 100 Å². The van der Waals surface area contributed by atoms with E-state index in [1.807, 2.05) is 24.3 Å². The molecule has 4 fully saturated rings. The van der Waals surface area contributed by atoms with Gasteiger partial charge in [0.2, 0.25) is 11.8 Å². The van der Waals surface area contributed by atoms with Crippen LogP contribution in [0.4, 0.5) is 11.4 Å². The summed E-state index contributed by atoms with van der Waals surface area (Å²) in [5.41, 5.74) is 10.6. The number of likely N-dealkylation sites (tertiary alicyclic amines) is 1. The van der Waals surface area contributed by atoms with Gasteiger partial charge in [-0.15, -0.1) is 0 Å². The number of imide groups is 1. The third-order valence-corrected chi connectivity index (χ3v) is 12.3. The third-order valence-electron chi connectivity index (χ3n) is 12.3. The molecule has 1 unspecified atom stereocenters. The van der Waals surface area contributed by atoms with E-state index in [4.69, 9.17) is 15.6 Å². The minimum absolute atomic E-state index is 0.215. The summed E-state index contributed by atoms with van der Waals surface area (Å²) >= 11 is 0. The zero-order valence-electron chi connectivity index (χ0n) is 28.7. The number of piperidine rings is 3. The van der Waals surface area contributed by atoms with Crippen LogP contribution < -0.4 is 26.4 Å². The number of ether oxygens (including phenoxy) is 1. The van der Waals surface area contributed by atoms with Gasteiger partial charge in [0.05, 0.1) is 41.1 Å². The standard InChI is InChI=1S/C37H48N8O4/c1-41-34-29(4-3-5-30(34)45(36(41)48)31-10-11-33(46)39-35(31)47)43-18-14-37(15-19-43)12-16-42(17-13-37)22-24-6-8-26(9-7-24)44-23-25-20-27(38)32(49-2)21-28(25)40-44/h3-5,20-21,23-24,26,31H,6-19,22,38H2,1-2H3,(H,39,46,47)/t24-,26-,31?. The van der Waals surface area contributed by atoms with E-state index < -0.39 is 11.9 Å². The summed E-state index contributed by atoms with van der Waals surface area (Å²) in [5.74, 6) is 0.749. The number of aryl methyl sites for hydroxylation is 1. The maximum atomic E-state index is 13.4. The van der Waals surface area contributed by atoms with Gasteiger partial charge >= 0.3 is 5.69 Å². The molecule has 3 N–H and O–H groups in total. The number of nitrogens with zero attached hydrogens (tertiary/aromatic N) is 6. The summed E-state index contributed by atoms with van der Waals surface area (Å²) in [6, 6.07) is 9.68. The maximum absolute atomic E-state index is 13.4. The molecule has 0 radical (unpaired) electrons. The van der Waals surface area contributed by atoms with E-state index in [9.17, 15) is 14.4 Å². The first kappa shape index (κ1) is 31.9. The summed E-state index contributed by atoms with van der Waals surface area (Å²) in [4.78, 5) is 43.0. The molecule has 12 nitrogen and oxygen atoms in total. The maximum Gasteiger partial charge on any atom is 0.329 e. The predicted octanol–water partition coefficient (Wildman–Crippen LogP) is 4.37. The number of benzene rings is 2. The molecule has 4 aliphatic rings. The van der Waals surface area contributed by atoms with Gasteiger partial charge in [-0.3, -0.25) is 28.7 Å². The van der Waals surface area contributed by atoms with E-state index in [2.05, 4.69) is 32.1 Å². The van der Waals surface area contributed by atoms with Crippen LogP contribution >= 0.6 is 0 Å². The van der Waals surface area contributed by atoms with Crippen LogP contribution in [-0.2, 0) is 16.6 Å². The Morgan fingerprint density at radius 1 is 0.980 bits per heavy atom. The number of hydrogen-bond acceptors (Lipinski definition) is 8. The Kier molecular flexibility index (Phi) is 8.16. The van der Waals surface area contributed by atoms with Crippen molar-refractivity contribution >= 4 is 45.1 Å². The van der Waals surface area contributed by atoms with Gasteiger partial charge in [-0.2, -0.15) is 5.10 Å². The molecule has 3 saturated heterocycles. The number of hydrogen-bond donors (Lipinski definition) is 2. The van der Waals surface area contributed by atoms with Crippen LogP contribution in [0.1, 0.15) is 76.3 Å². The van der Waals surface area contributed by atoms with Gasteiger partial charge in [0, 0.05) is 50.8 Å². The Bertz CT molecular complexity index is 1950. The number of nitrogen functional groups attached to an aromatic ring is 1. The molecule has 2 amide bonds. The van der Waals surface area contributed by atoms with Crippen LogP contribution in [0.15, 0.2) is 41.3 Å². The Hall–Kier alpha value is -4.32. The van der Waals surface area contributed by atoms with E-state index in [-0.39, 0.29) is 18.0 Å². The second-order valence-electron chi connectivity index (χ2n) is 15.0. The number of para-hydroxylation sites is 1. The van der Waals surface area contributed by atoms with E-state index in [0.29, 0.717) is 29.3 Å². The van der Waals surface area contributed by atoms with Crippen LogP contribution in [0.25, 0.3) is 21.9 Å². The quantitative estimate of drug-likeness (QED) is 0.229. The number of carbonyl (C=O) groups excluding carboxylic acids is 2. The number of imidazole rings is 1. The lowest BCUT2D eigenvalue weighted by molar-refractivity contribution is -0.135. The van der Waals surface area contributed by atoms with Crippen molar-refractivity contribution < 1.29 is 14.3 Å². The summed E-state index contributed by atoms with van der Waals surface area (Å²) in [5, 5.41) is 8.36. The van der Waals surface area contributed by atoms with Crippen molar-refractivity contribution in [2.75, 3.05) is 50.5 Å². The highest BCUT2D eigenvalue weighted by Gasteiger charge is 2.39. The lowest BCUT2D eigenvalue weighted by Gasteiger charge is -2.48. The molecular formula is C37H48N8O4. The van der Waals surface area contributed by atoms with Crippen molar-refractivity contribution in [2.24, 2.45) is 18.4 Å². The molecule has 260 valence electrons. The molecule has 12 heteroatoms. The summed E-state index contributed by atoms with van der Waals surface area (Å²) in [6.07, 6.45) is 12.3. The average molecular weight is 669 g/mol. The number of fused-ring (bicyclic) bond motifs is 2. The number of nitrogens with one attached hydrogen (secondary N) is 1. The number of anilines is 2. The predicted molar refractivity (Wildman–Crippen MR) is 190 cm³/mol. The third kappa shape index (κ3) is 5.77. The van der Waals surface area contributed by atoms with Crippen molar-refractivity contribution in [3.05, 3.63) is 47.0 Å². The van der Waals surface area contributed by atoms with Crippen LogP contribution in [-0.4, -0.2) is 75.5 Å². The second-order valence-corrected chi connectivity index (χ2v) is 15.0. The van der Waals surface area contributed by atoms with Crippen molar-refractivity contribution in [3.63, 3.8) is 0 Å². The van der Waals surface area contributed by atoms with Crippen LogP contribution in [0.5, 0.6) is 5.75 Å². The SMILES string of the molecule is COc1cc2nn([C@H]3CC[C@H](CN4CCC5(CC4)CCN(c4cccc6c4n(C)c(=O)n6C4CCC(=O)NC4=O)CC5)CC3)cc2cc1N. The number of nitrogens with two attached hydrogens (primary N) is 1. The topological polar surface area (TPSA) is 133 Å². The van der Waals surface area contributed by atoms with Crippen molar-refractivity contribution in [2.45, 2.75) is 76.3 Å². The molecule has 0 bridgehead atoms. The number of aromatic nitrogens is 4. The minimum Gasteiger partial charge on any atom is -0.495 e. The highest BCUT2D eigenvalue weighted by Crippen LogP contribution is 2.44. The zero-order valence-corrected chi connectivity index (χ0v) is 28.7. The van der Waals surface area contributed by atoms with E-state index in [0.717, 1.165) is 72.3 Å². The Morgan fingerprint density at radius 3 is 2.43 bits per heavy atom. The number of methoxy groups -OCH3 is 1. The lowest BCUT2D eigenvalue weighted by Crippen LogP contribution is -2.48. The number of carbonyl (C=O) groups is 2. The summed E-state index contributed by atoms with van der Waals surface area (Å²) in [7, 11) is 3.43. The van der Waals surface area contributed by atoms with E-state index >= 15 is 0 Å². The van der Waals surface area contributed by atoms with Crippen LogP contribution in [0.2, 0.25) is 0 Å². The van der Waals surface area contributed by atoms with Gasteiger partial charge in [0.25, 0.3) is 0 Å². The molecule has 2 aromatic carbocycles. The molecule has 2 aromatic heterocycles. The highest BCUT2D eigenvalue weighted by atomic mass is 16.5. The Balaban J connectivity index is 0.857. The molecular weight excluding hydrogens is 620 g/mol. The fourth-order valence-corrected chi connectivity index (χ4v) is 9.24. The fourth-order valence-electron chi connectivity index (χ4n) is 9.24. The first-order chi connectivity index (χ1) is 23.7. The summed E-state index contributed by atoms with van der Waals surface area (Å²) < 4.78 is 10.8. The second kappa shape index (κ2) is 12.5. The van der Waals surface area contributed by atoms with Crippen LogP contribution in [0, 0.1) is 11.3 Å². The first-order valence-corrected chi connectivity index (χ1v) is 18.1. The smallest absolute Gasteiger partial charge is 0.329 e. The minimum atomic E-state index is -0.670. The van der Waals surface area contributed by atoms with Crippen LogP contribution in [0.3, 0.4) is 0 Å². The molecule has 1 spiro atoms. The van der Waals surface area contributed by atoms with E-state index in [1.54, 1.807) is 23.3 Å².